The first-order chi connectivity index (χ1) is 4.21. The van der Waals surface area contributed by atoms with Gasteiger partial charge >= 0.3 is 0 Å². The highest BCUT2D eigenvalue weighted by Crippen LogP contribution is 2.35. The lowest BCUT2D eigenvalue weighted by Gasteiger charge is -2.13. The summed E-state index contributed by atoms with van der Waals surface area (Å²) in [5.74, 6) is 0. The zero-order chi connectivity index (χ0) is 6.74. The van der Waals surface area contributed by atoms with Crippen molar-refractivity contribution in [2.24, 2.45) is 0 Å². The molecule has 0 atom stereocenters. The van der Waals surface area contributed by atoms with E-state index in [0.29, 0.717) is 0 Å². The fraction of sp³-hybridized carbons (Fsp3) is 1.00. The average Bonchev–Trinajstić information content (AvgIpc) is 1.92. The van der Waals surface area contributed by atoms with Gasteiger partial charge in [-0.15, -0.1) is 0 Å². The highest BCUT2D eigenvalue weighted by molar-refractivity contribution is 14.1. The lowest BCUT2D eigenvalue weighted by molar-refractivity contribution is 0.279. The zero-order valence-corrected chi connectivity index (χ0v) is 7.66. The van der Waals surface area contributed by atoms with Crippen molar-refractivity contribution in [2.45, 2.75) is 42.2 Å². The molecule has 0 heterocycles. The van der Waals surface area contributed by atoms with E-state index in [9.17, 15) is 4.39 Å². The molecule has 0 nitrogen and oxygen atoms in total. The minimum absolute atomic E-state index is 0.771. The van der Waals surface area contributed by atoms with Crippen molar-refractivity contribution in [1.82, 2.24) is 0 Å². The van der Waals surface area contributed by atoms with Gasteiger partial charge in [-0.05, 0) is 48.3 Å². The van der Waals surface area contributed by atoms with Crippen molar-refractivity contribution >= 4 is 22.6 Å². The Hall–Kier alpha value is 0.660. The van der Waals surface area contributed by atoms with E-state index in [0.717, 1.165) is 25.7 Å². The molecule has 0 aromatic rings. The molecular weight excluding hydrogens is 230 g/mol. The van der Waals surface area contributed by atoms with Crippen molar-refractivity contribution in [1.29, 1.82) is 0 Å². The lowest BCUT2D eigenvalue weighted by Crippen LogP contribution is -2.10. The molecule has 1 fully saturated rings. The molecule has 2 heteroatoms. The van der Waals surface area contributed by atoms with Crippen LogP contribution in [0.25, 0.3) is 0 Å². The van der Waals surface area contributed by atoms with Gasteiger partial charge in [-0.1, -0.05) is 12.8 Å². The van der Waals surface area contributed by atoms with Crippen molar-refractivity contribution in [3.8, 4) is 0 Å². The summed E-state index contributed by atoms with van der Waals surface area (Å²) in [6.07, 6.45) is 6.17. The Balaban J connectivity index is 2.36. The van der Waals surface area contributed by atoms with E-state index in [1.54, 1.807) is 0 Å². The second-order valence-corrected chi connectivity index (χ2v) is 4.70. The molecule has 0 unspecified atom stereocenters. The Bertz CT molecular complexity index is 80.9. The summed E-state index contributed by atoms with van der Waals surface area (Å²) in [7, 11) is 0. The predicted octanol–water partition coefficient (Wildman–Crippen LogP) is 3.44. The van der Waals surface area contributed by atoms with Gasteiger partial charge in [0, 0.05) is 0 Å². The van der Waals surface area contributed by atoms with Crippen LogP contribution in [0.5, 0.6) is 0 Å². The Kier molecular flexibility index (Phi) is 2.73. The second kappa shape index (κ2) is 3.17. The van der Waals surface area contributed by atoms with Gasteiger partial charge in [0.2, 0.25) is 0 Å². The van der Waals surface area contributed by atoms with E-state index in [1.807, 2.05) is 22.6 Å². The Labute approximate surface area is 69.4 Å². The number of alkyl halides is 2. The molecule has 0 aliphatic heterocycles. The van der Waals surface area contributed by atoms with Gasteiger partial charge in [0.05, 0.1) is 0 Å². The van der Waals surface area contributed by atoms with Crippen LogP contribution < -0.4 is 0 Å². The van der Waals surface area contributed by atoms with Crippen LogP contribution in [0.4, 0.5) is 4.39 Å². The van der Waals surface area contributed by atoms with E-state index in [4.69, 9.17) is 0 Å². The summed E-state index contributed by atoms with van der Waals surface area (Å²) in [5, 5.41) is 0. The SMILES string of the molecule is FC1(I)CCCCCC1. The van der Waals surface area contributed by atoms with Gasteiger partial charge in [0.15, 0.2) is 3.68 Å². The van der Waals surface area contributed by atoms with Gasteiger partial charge < -0.3 is 0 Å². The number of hydrogen-bond donors (Lipinski definition) is 0. The lowest BCUT2D eigenvalue weighted by atomic mass is 10.2. The maximum absolute atomic E-state index is 13.1. The third kappa shape index (κ3) is 2.83. The highest BCUT2D eigenvalue weighted by atomic mass is 127. The average molecular weight is 242 g/mol. The van der Waals surface area contributed by atoms with Gasteiger partial charge in [0.1, 0.15) is 0 Å². The van der Waals surface area contributed by atoms with Crippen molar-refractivity contribution < 1.29 is 4.39 Å². The molecule has 9 heavy (non-hydrogen) atoms. The minimum atomic E-state index is -0.867. The summed E-state index contributed by atoms with van der Waals surface area (Å²) in [6, 6.07) is 0. The number of halogens is 2. The van der Waals surface area contributed by atoms with Crippen LogP contribution in [0.3, 0.4) is 0 Å². The molecule has 1 aliphatic carbocycles. The fourth-order valence-corrected chi connectivity index (χ4v) is 2.01. The largest absolute Gasteiger partial charge is 0.232 e. The molecular formula is C7H12FI. The van der Waals surface area contributed by atoms with Crippen LogP contribution in [0.15, 0.2) is 0 Å². The Morgan fingerprint density at radius 2 is 1.44 bits per heavy atom. The maximum atomic E-state index is 13.1. The predicted molar refractivity (Wildman–Crippen MR) is 45.6 cm³/mol. The van der Waals surface area contributed by atoms with E-state index < -0.39 is 3.68 Å². The van der Waals surface area contributed by atoms with E-state index in [-0.39, 0.29) is 0 Å². The number of hydrogen-bond acceptors (Lipinski definition) is 0. The van der Waals surface area contributed by atoms with Gasteiger partial charge in [-0.2, -0.15) is 0 Å². The Morgan fingerprint density at radius 1 is 1.00 bits per heavy atom. The van der Waals surface area contributed by atoms with Crippen LogP contribution >= 0.6 is 22.6 Å². The quantitative estimate of drug-likeness (QED) is 0.346. The third-order valence-electron chi connectivity index (χ3n) is 1.84. The van der Waals surface area contributed by atoms with Crippen LogP contribution in [0, 0.1) is 0 Å². The summed E-state index contributed by atoms with van der Waals surface area (Å²) in [4.78, 5) is 0. The summed E-state index contributed by atoms with van der Waals surface area (Å²) in [5.41, 5.74) is 0. The van der Waals surface area contributed by atoms with Gasteiger partial charge in [-0.3, -0.25) is 0 Å². The van der Waals surface area contributed by atoms with Gasteiger partial charge in [0.25, 0.3) is 0 Å². The molecule has 54 valence electrons. The topological polar surface area (TPSA) is 0 Å². The van der Waals surface area contributed by atoms with Crippen LogP contribution in [-0.2, 0) is 0 Å². The van der Waals surface area contributed by atoms with E-state index in [1.165, 1.54) is 12.8 Å². The molecule has 1 rings (SSSR count). The zero-order valence-electron chi connectivity index (χ0n) is 5.50. The highest BCUT2D eigenvalue weighted by Gasteiger charge is 2.25. The van der Waals surface area contributed by atoms with Crippen LogP contribution in [-0.4, -0.2) is 3.68 Å². The molecule has 0 aromatic carbocycles. The fourth-order valence-electron chi connectivity index (χ4n) is 1.25. The second-order valence-electron chi connectivity index (χ2n) is 2.77. The van der Waals surface area contributed by atoms with E-state index in [2.05, 4.69) is 0 Å². The summed E-state index contributed by atoms with van der Waals surface area (Å²) in [6.45, 7) is 0. The first kappa shape index (κ1) is 7.76. The molecule has 1 aliphatic rings. The standard InChI is InChI=1S/C7H12FI/c8-7(9)5-3-1-2-4-6-7/h1-6H2. The molecule has 0 amide bonds. The Morgan fingerprint density at radius 3 is 1.89 bits per heavy atom. The monoisotopic (exact) mass is 242 g/mol. The van der Waals surface area contributed by atoms with Crippen molar-refractivity contribution in [3.63, 3.8) is 0 Å². The molecule has 0 bridgehead atoms. The molecule has 0 radical (unpaired) electrons. The maximum Gasteiger partial charge on any atom is 0.161 e. The van der Waals surface area contributed by atoms with Crippen LogP contribution in [0.2, 0.25) is 0 Å². The number of rotatable bonds is 0. The smallest absolute Gasteiger partial charge is 0.161 e. The van der Waals surface area contributed by atoms with Gasteiger partial charge in [-0.25, -0.2) is 4.39 Å². The van der Waals surface area contributed by atoms with Crippen molar-refractivity contribution in [3.05, 3.63) is 0 Å². The molecule has 1 saturated carbocycles. The molecule has 0 saturated heterocycles. The first-order valence-electron chi connectivity index (χ1n) is 3.59. The normalized spacial score (nSPS) is 27.3. The molecule has 0 aromatic heterocycles. The van der Waals surface area contributed by atoms with Crippen molar-refractivity contribution in [2.75, 3.05) is 0 Å². The minimum Gasteiger partial charge on any atom is -0.232 e. The third-order valence-corrected chi connectivity index (χ3v) is 2.91. The molecule has 0 spiro atoms. The van der Waals surface area contributed by atoms with E-state index >= 15 is 0 Å². The van der Waals surface area contributed by atoms with Crippen LogP contribution in [0.1, 0.15) is 38.5 Å². The first-order valence-corrected chi connectivity index (χ1v) is 4.66. The summed E-state index contributed by atoms with van der Waals surface area (Å²) < 4.78 is 12.3. The molecule has 0 N–H and O–H groups in total. The summed E-state index contributed by atoms with van der Waals surface area (Å²) >= 11 is 1.95.